The first-order chi connectivity index (χ1) is 7.59. The summed E-state index contributed by atoms with van der Waals surface area (Å²) < 4.78 is 0. The zero-order chi connectivity index (χ0) is 11.7. The van der Waals surface area contributed by atoms with Crippen LogP contribution in [0.5, 0.6) is 0 Å². The van der Waals surface area contributed by atoms with E-state index in [2.05, 4.69) is 10.6 Å². The Balaban J connectivity index is 2.44. The maximum atomic E-state index is 10.5. The molecule has 8 heteroatoms. The van der Waals surface area contributed by atoms with Gasteiger partial charge in [0.05, 0.1) is 11.4 Å². The summed E-state index contributed by atoms with van der Waals surface area (Å²) in [5.41, 5.74) is 1.14. The molecule has 1 aromatic carbocycles. The number of anilines is 2. The van der Waals surface area contributed by atoms with E-state index >= 15 is 0 Å². The molecule has 0 aromatic heterocycles. The number of rotatable bonds is 2. The molecule has 0 saturated carbocycles. The first kappa shape index (κ1) is 9.90. The number of para-hydroxylation sites is 2. The SMILES string of the molecule is O=[N+]([O-])C(=C1Nc2ccccc2N1)[N+](=O)[O-]. The van der Waals surface area contributed by atoms with Gasteiger partial charge in [-0.05, 0) is 12.1 Å². The van der Waals surface area contributed by atoms with Gasteiger partial charge >= 0.3 is 5.82 Å². The zero-order valence-electron chi connectivity index (χ0n) is 7.84. The van der Waals surface area contributed by atoms with Crippen molar-refractivity contribution in [1.29, 1.82) is 0 Å². The molecule has 82 valence electrons. The number of nitrogens with zero attached hydrogens (tertiary/aromatic N) is 2. The molecule has 2 N–H and O–H groups in total. The van der Waals surface area contributed by atoms with Gasteiger partial charge in [-0.15, -0.1) is 0 Å². The van der Waals surface area contributed by atoms with Crippen molar-refractivity contribution in [3.05, 3.63) is 56.1 Å². The van der Waals surface area contributed by atoms with Crippen molar-refractivity contribution in [1.82, 2.24) is 0 Å². The van der Waals surface area contributed by atoms with Crippen LogP contribution in [0.1, 0.15) is 0 Å². The summed E-state index contributed by atoms with van der Waals surface area (Å²) in [4.78, 5) is 18.9. The number of nitrogens with one attached hydrogen (secondary N) is 2. The van der Waals surface area contributed by atoms with Crippen LogP contribution in [0.25, 0.3) is 0 Å². The van der Waals surface area contributed by atoms with Crippen molar-refractivity contribution in [2.75, 3.05) is 10.6 Å². The largest absolute Gasteiger partial charge is 0.600 e. The molecule has 0 radical (unpaired) electrons. The molecule has 1 aliphatic rings. The molecule has 0 fully saturated rings. The van der Waals surface area contributed by atoms with Crippen molar-refractivity contribution in [3.8, 4) is 0 Å². The third kappa shape index (κ3) is 1.52. The fraction of sp³-hybridized carbons (Fsp3) is 0. The molecule has 1 aromatic rings. The highest BCUT2D eigenvalue weighted by Gasteiger charge is 2.35. The van der Waals surface area contributed by atoms with Crippen LogP contribution in [0.3, 0.4) is 0 Å². The second-order valence-electron chi connectivity index (χ2n) is 3.01. The molecule has 0 atom stereocenters. The minimum atomic E-state index is -1.10. The summed E-state index contributed by atoms with van der Waals surface area (Å²) >= 11 is 0. The maximum absolute atomic E-state index is 10.5. The highest BCUT2D eigenvalue weighted by molar-refractivity contribution is 5.78. The van der Waals surface area contributed by atoms with Crippen LogP contribution in [-0.2, 0) is 0 Å². The first-order valence-corrected chi connectivity index (χ1v) is 4.25. The average Bonchev–Trinajstić information content (AvgIpc) is 2.58. The predicted molar refractivity (Wildman–Crippen MR) is 54.7 cm³/mol. The summed E-state index contributed by atoms with van der Waals surface area (Å²) in [6.45, 7) is 0. The molecule has 1 aliphatic heterocycles. The van der Waals surface area contributed by atoms with Crippen LogP contribution in [0, 0.1) is 20.2 Å². The van der Waals surface area contributed by atoms with E-state index in [0.29, 0.717) is 11.4 Å². The lowest BCUT2D eigenvalue weighted by Crippen LogP contribution is -2.17. The molecule has 8 nitrogen and oxygen atoms in total. The smallest absolute Gasteiger partial charge is 0.328 e. The van der Waals surface area contributed by atoms with E-state index in [9.17, 15) is 20.2 Å². The number of fused-ring (bicyclic) bond motifs is 1. The molecule has 16 heavy (non-hydrogen) atoms. The minimum Gasteiger partial charge on any atom is -0.328 e. The van der Waals surface area contributed by atoms with Gasteiger partial charge in [0.15, 0.2) is 0 Å². The number of hydrogen-bond acceptors (Lipinski definition) is 6. The van der Waals surface area contributed by atoms with Gasteiger partial charge in [-0.25, -0.2) is 0 Å². The second-order valence-corrected chi connectivity index (χ2v) is 3.01. The highest BCUT2D eigenvalue weighted by Crippen LogP contribution is 2.30. The van der Waals surface area contributed by atoms with Gasteiger partial charge in [-0.1, -0.05) is 12.1 Å². The van der Waals surface area contributed by atoms with Crippen LogP contribution in [0.15, 0.2) is 35.9 Å². The Hall–Kier alpha value is -2.64. The molecule has 0 bridgehead atoms. The van der Waals surface area contributed by atoms with Gasteiger partial charge in [0.2, 0.25) is 0 Å². The Morgan fingerprint density at radius 2 is 1.44 bits per heavy atom. The topological polar surface area (TPSA) is 110 Å². The Bertz CT molecular complexity index is 468. The van der Waals surface area contributed by atoms with Crippen LogP contribution in [-0.4, -0.2) is 9.85 Å². The van der Waals surface area contributed by atoms with Crippen LogP contribution in [0.2, 0.25) is 0 Å². The summed E-state index contributed by atoms with van der Waals surface area (Å²) in [6, 6.07) is 6.75. The summed E-state index contributed by atoms with van der Waals surface area (Å²) in [6.07, 6.45) is 0. The van der Waals surface area contributed by atoms with Gasteiger partial charge < -0.3 is 10.6 Å². The molecular weight excluding hydrogens is 216 g/mol. The van der Waals surface area contributed by atoms with E-state index < -0.39 is 15.7 Å². The molecule has 2 rings (SSSR count). The lowest BCUT2D eigenvalue weighted by atomic mass is 10.3. The third-order valence-electron chi connectivity index (χ3n) is 2.02. The fourth-order valence-electron chi connectivity index (χ4n) is 1.36. The fourth-order valence-corrected chi connectivity index (χ4v) is 1.36. The lowest BCUT2D eigenvalue weighted by Gasteiger charge is -1.95. The van der Waals surface area contributed by atoms with Crippen molar-refractivity contribution in [2.24, 2.45) is 0 Å². The van der Waals surface area contributed by atoms with Crippen LogP contribution < -0.4 is 10.6 Å². The Morgan fingerprint density at radius 3 is 1.81 bits per heavy atom. The van der Waals surface area contributed by atoms with Crippen molar-refractivity contribution < 1.29 is 9.85 Å². The average molecular weight is 222 g/mol. The van der Waals surface area contributed by atoms with E-state index in [1.807, 2.05) is 0 Å². The first-order valence-electron chi connectivity index (χ1n) is 4.25. The van der Waals surface area contributed by atoms with Gasteiger partial charge in [-0.2, -0.15) is 0 Å². The summed E-state index contributed by atoms with van der Waals surface area (Å²) in [5.74, 6) is -1.33. The maximum Gasteiger partial charge on any atom is 0.600 e. The highest BCUT2D eigenvalue weighted by atomic mass is 16.7. The lowest BCUT2D eigenvalue weighted by molar-refractivity contribution is -0.617. The van der Waals surface area contributed by atoms with E-state index in [1.165, 1.54) is 0 Å². The Morgan fingerprint density at radius 1 is 1.00 bits per heavy atom. The van der Waals surface area contributed by atoms with Crippen LogP contribution in [0.4, 0.5) is 11.4 Å². The Labute approximate surface area is 88.9 Å². The van der Waals surface area contributed by atoms with Gasteiger partial charge in [-0.3, -0.25) is 20.2 Å². The number of hydrogen-bond donors (Lipinski definition) is 2. The third-order valence-corrected chi connectivity index (χ3v) is 2.02. The summed E-state index contributed by atoms with van der Waals surface area (Å²) in [7, 11) is 0. The predicted octanol–water partition coefficient (Wildman–Crippen LogP) is 1.20. The normalized spacial score (nSPS) is 12.4. The van der Waals surface area contributed by atoms with Crippen molar-refractivity contribution in [3.63, 3.8) is 0 Å². The van der Waals surface area contributed by atoms with Gasteiger partial charge in [0.25, 0.3) is 5.82 Å². The van der Waals surface area contributed by atoms with Crippen molar-refractivity contribution in [2.45, 2.75) is 0 Å². The van der Waals surface area contributed by atoms with E-state index in [0.717, 1.165) is 0 Å². The van der Waals surface area contributed by atoms with E-state index in [4.69, 9.17) is 0 Å². The molecule has 0 saturated heterocycles. The molecule has 0 spiro atoms. The van der Waals surface area contributed by atoms with Crippen LogP contribution >= 0.6 is 0 Å². The molecule has 1 heterocycles. The monoisotopic (exact) mass is 222 g/mol. The number of nitro groups is 2. The van der Waals surface area contributed by atoms with E-state index in [1.54, 1.807) is 24.3 Å². The molecule has 0 aliphatic carbocycles. The van der Waals surface area contributed by atoms with E-state index in [-0.39, 0.29) is 5.82 Å². The number of benzene rings is 1. The van der Waals surface area contributed by atoms with Crippen molar-refractivity contribution >= 4 is 11.4 Å². The molecular formula is C8H6N4O4. The summed E-state index contributed by atoms with van der Waals surface area (Å²) in [5, 5.41) is 26.2. The standard InChI is InChI=1S/C8H6N4O4/c13-11(14)8(12(15)16)7-9-5-3-1-2-4-6(5)10-7/h1-4,9-10H. The molecule has 0 amide bonds. The quantitative estimate of drug-likeness (QED) is 0.574. The minimum absolute atomic E-state index is 0.226. The zero-order valence-corrected chi connectivity index (χ0v) is 7.84. The molecule has 0 unspecified atom stereocenters. The Kier molecular flexibility index (Phi) is 2.16. The van der Waals surface area contributed by atoms with Gasteiger partial charge in [0, 0.05) is 0 Å². The second kappa shape index (κ2) is 3.50. The van der Waals surface area contributed by atoms with Gasteiger partial charge in [0.1, 0.15) is 9.85 Å².